The summed E-state index contributed by atoms with van der Waals surface area (Å²) in [6.07, 6.45) is 0. The number of fused-ring (bicyclic) bond motifs is 12. The van der Waals surface area contributed by atoms with Gasteiger partial charge in [0.25, 0.3) is 0 Å². The molecule has 0 radical (unpaired) electrons. The minimum atomic E-state index is 0.690. The third kappa shape index (κ3) is 5.81. The smallest absolute Gasteiger partial charge is 0.160 e. The average molecular weight is 811 g/mol. The fourth-order valence-electron chi connectivity index (χ4n) is 10.2. The molecule has 296 valence electrons. The second kappa shape index (κ2) is 14.6. The number of hydrogen-bond acceptors (Lipinski definition) is 2. The third-order valence-electron chi connectivity index (χ3n) is 13.2. The van der Waals surface area contributed by atoms with Crippen molar-refractivity contribution in [3.8, 4) is 56.2 Å². The summed E-state index contributed by atoms with van der Waals surface area (Å²) in [4.78, 5) is 10.8. The minimum Gasteiger partial charge on any atom is -0.228 e. The zero-order valence-electron chi connectivity index (χ0n) is 34.8. The van der Waals surface area contributed by atoms with Gasteiger partial charge in [0.15, 0.2) is 5.82 Å². The van der Waals surface area contributed by atoms with E-state index in [1.165, 1.54) is 86.7 Å². The normalized spacial score (nSPS) is 11.8. The summed E-state index contributed by atoms with van der Waals surface area (Å²) in [5.74, 6) is 0.690. The molecule has 12 aromatic carbocycles. The van der Waals surface area contributed by atoms with Crippen LogP contribution in [0, 0.1) is 0 Å². The maximum Gasteiger partial charge on any atom is 0.160 e. The zero-order valence-corrected chi connectivity index (χ0v) is 34.8. The number of benzene rings is 12. The molecule has 0 aliphatic carbocycles. The van der Waals surface area contributed by atoms with Crippen LogP contribution in [-0.4, -0.2) is 9.97 Å². The Morgan fingerprint density at radius 2 is 0.734 bits per heavy atom. The van der Waals surface area contributed by atoms with Crippen LogP contribution in [0.2, 0.25) is 0 Å². The van der Waals surface area contributed by atoms with E-state index in [4.69, 9.17) is 9.97 Å². The highest BCUT2D eigenvalue weighted by Gasteiger charge is 2.19. The molecule has 0 saturated carbocycles. The van der Waals surface area contributed by atoms with Gasteiger partial charge in [0.05, 0.1) is 11.4 Å². The highest BCUT2D eigenvalue weighted by Crippen LogP contribution is 2.44. The molecule has 0 spiro atoms. The fourth-order valence-corrected chi connectivity index (χ4v) is 10.2. The Balaban J connectivity index is 1.03. The van der Waals surface area contributed by atoms with Crippen molar-refractivity contribution >= 4 is 75.4 Å². The van der Waals surface area contributed by atoms with Crippen LogP contribution < -0.4 is 0 Å². The quantitative estimate of drug-likeness (QED) is 0.128. The van der Waals surface area contributed by atoms with Gasteiger partial charge in [0, 0.05) is 16.7 Å². The fraction of sp³-hybridized carbons (Fsp3) is 0. The van der Waals surface area contributed by atoms with E-state index < -0.39 is 0 Å². The van der Waals surface area contributed by atoms with Crippen LogP contribution in [0.15, 0.2) is 231 Å². The predicted molar refractivity (Wildman–Crippen MR) is 272 cm³/mol. The van der Waals surface area contributed by atoms with Gasteiger partial charge in [-0.25, -0.2) is 9.97 Å². The summed E-state index contributed by atoms with van der Waals surface area (Å²) in [6.45, 7) is 0. The van der Waals surface area contributed by atoms with Crippen LogP contribution in [0.3, 0.4) is 0 Å². The Kier molecular flexibility index (Phi) is 8.25. The van der Waals surface area contributed by atoms with Crippen LogP contribution in [0.25, 0.3) is 132 Å². The molecule has 0 amide bonds. The predicted octanol–water partition coefficient (Wildman–Crippen LogP) is 16.9. The molecule has 13 aromatic rings. The van der Waals surface area contributed by atoms with Gasteiger partial charge in [0.1, 0.15) is 0 Å². The van der Waals surface area contributed by atoms with Gasteiger partial charge in [-0.3, -0.25) is 0 Å². The maximum atomic E-state index is 5.45. The van der Waals surface area contributed by atoms with Crippen molar-refractivity contribution in [3.63, 3.8) is 0 Å². The van der Waals surface area contributed by atoms with Crippen LogP contribution >= 0.6 is 0 Å². The minimum absolute atomic E-state index is 0.690. The van der Waals surface area contributed by atoms with Gasteiger partial charge >= 0.3 is 0 Å². The lowest BCUT2D eigenvalue weighted by Gasteiger charge is -2.17. The maximum absolute atomic E-state index is 5.45. The molecular formula is C62H38N2. The number of nitrogens with zero attached hydrogens (tertiary/aromatic N) is 2. The molecule has 0 fully saturated rings. The van der Waals surface area contributed by atoms with E-state index in [0.717, 1.165) is 39.0 Å². The first-order valence-corrected chi connectivity index (χ1v) is 22.0. The highest BCUT2D eigenvalue weighted by atomic mass is 14.9. The average Bonchev–Trinajstić information content (AvgIpc) is 3.38. The van der Waals surface area contributed by atoms with E-state index in [9.17, 15) is 0 Å². The van der Waals surface area contributed by atoms with Crippen molar-refractivity contribution in [2.75, 3.05) is 0 Å². The largest absolute Gasteiger partial charge is 0.228 e. The van der Waals surface area contributed by atoms with Gasteiger partial charge in [-0.1, -0.05) is 212 Å². The molecule has 0 aliphatic rings. The number of hydrogen-bond donors (Lipinski definition) is 0. The van der Waals surface area contributed by atoms with E-state index in [2.05, 4.69) is 231 Å². The second-order valence-corrected chi connectivity index (χ2v) is 16.8. The van der Waals surface area contributed by atoms with Crippen molar-refractivity contribution in [1.82, 2.24) is 9.97 Å². The van der Waals surface area contributed by atoms with E-state index in [1.54, 1.807) is 0 Å². The topological polar surface area (TPSA) is 25.8 Å². The zero-order chi connectivity index (χ0) is 42.1. The van der Waals surface area contributed by atoms with Gasteiger partial charge < -0.3 is 0 Å². The van der Waals surface area contributed by atoms with Crippen LogP contribution in [0.4, 0.5) is 0 Å². The molecule has 2 heteroatoms. The number of rotatable bonds is 5. The summed E-state index contributed by atoms with van der Waals surface area (Å²) in [6, 6.07) is 83.5. The molecule has 0 unspecified atom stereocenters. The van der Waals surface area contributed by atoms with E-state index >= 15 is 0 Å². The van der Waals surface area contributed by atoms with Gasteiger partial charge in [0.2, 0.25) is 0 Å². The van der Waals surface area contributed by atoms with Crippen molar-refractivity contribution in [2.45, 2.75) is 0 Å². The van der Waals surface area contributed by atoms with Crippen molar-refractivity contribution in [1.29, 1.82) is 0 Å². The summed E-state index contributed by atoms with van der Waals surface area (Å²) in [7, 11) is 0. The lowest BCUT2D eigenvalue weighted by molar-refractivity contribution is 1.19. The summed E-state index contributed by atoms with van der Waals surface area (Å²) < 4.78 is 0. The molecule has 13 rings (SSSR count). The highest BCUT2D eigenvalue weighted by molar-refractivity contribution is 6.33. The van der Waals surface area contributed by atoms with Gasteiger partial charge in [-0.15, -0.1) is 0 Å². The van der Waals surface area contributed by atoms with E-state index in [0.29, 0.717) is 5.82 Å². The summed E-state index contributed by atoms with van der Waals surface area (Å²) in [5.41, 5.74) is 9.60. The third-order valence-corrected chi connectivity index (χ3v) is 13.2. The standard InChI is InChI=1S/C62H38N2/c1-2-14-39(15-3-1)40-26-32-44(33-27-40)62-63-58(42-28-30-43(31-29-42)60-47-19-7-5-17-45(47)36-55-46-18-6-4-16-41(46)34-35-54(55)60)38-59(64-62)56-37-57-50-22-9-8-20-48(50)49-21-10-12-24-52(49)61(57)53-25-13-11-23-51(53)56/h1-38H. The Hall–Kier alpha value is -8.46. The summed E-state index contributed by atoms with van der Waals surface area (Å²) in [5, 5.41) is 17.4. The first-order valence-electron chi connectivity index (χ1n) is 22.0. The van der Waals surface area contributed by atoms with Crippen molar-refractivity contribution < 1.29 is 0 Å². The van der Waals surface area contributed by atoms with Crippen LogP contribution in [0.1, 0.15) is 0 Å². The molecule has 0 N–H and O–H groups in total. The second-order valence-electron chi connectivity index (χ2n) is 16.8. The Morgan fingerprint density at radius 1 is 0.234 bits per heavy atom. The molecule has 1 heterocycles. The molecule has 64 heavy (non-hydrogen) atoms. The molecular weight excluding hydrogens is 773 g/mol. The Morgan fingerprint density at radius 3 is 1.47 bits per heavy atom. The first-order chi connectivity index (χ1) is 31.7. The molecule has 0 atom stereocenters. The molecule has 0 bridgehead atoms. The van der Waals surface area contributed by atoms with Crippen LogP contribution in [0.5, 0.6) is 0 Å². The first kappa shape index (κ1) is 36.2. The van der Waals surface area contributed by atoms with Crippen molar-refractivity contribution in [2.24, 2.45) is 0 Å². The Bertz CT molecular complexity index is 3980. The molecule has 1 aromatic heterocycles. The van der Waals surface area contributed by atoms with Gasteiger partial charge in [-0.2, -0.15) is 0 Å². The van der Waals surface area contributed by atoms with Crippen LogP contribution in [-0.2, 0) is 0 Å². The Labute approximate surface area is 370 Å². The molecule has 0 aliphatic heterocycles. The SMILES string of the molecule is c1ccc(-c2ccc(-c3nc(-c4ccc(-c5c6ccccc6cc6c5ccc5ccccc56)cc4)cc(-c4cc5c6ccccc6c6ccccc6c5c5ccccc45)n3)cc2)cc1. The van der Waals surface area contributed by atoms with E-state index in [-0.39, 0.29) is 0 Å². The van der Waals surface area contributed by atoms with E-state index in [1.807, 2.05) is 0 Å². The molecule has 0 saturated heterocycles. The lowest BCUT2D eigenvalue weighted by Crippen LogP contribution is -1.97. The molecule has 2 nitrogen and oxygen atoms in total. The number of aromatic nitrogens is 2. The summed E-state index contributed by atoms with van der Waals surface area (Å²) >= 11 is 0. The monoisotopic (exact) mass is 810 g/mol. The van der Waals surface area contributed by atoms with Gasteiger partial charge in [-0.05, 0) is 116 Å². The lowest BCUT2D eigenvalue weighted by atomic mass is 9.88. The van der Waals surface area contributed by atoms with Crippen molar-refractivity contribution in [3.05, 3.63) is 231 Å².